The van der Waals surface area contributed by atoms with Gasteiger partial charge in [-0.15, -0.1) is 0 Å². The number of aliphatic hydroxyl groups is 1. The molecular formula is C13H12F3NO2. The molecule has 6 heteroatoms. The molecular weight excluding hydrogens is 259 g/mol. The summed E-state index contributed by atoms with van der Waals surface area (Å²) in [5.74, 6) is -0.0939. The van der Waals surface area contributed by atoms with Crippen LogP contribution in [0.1, 0.15) is 18.2 Å². The highest BCUT2D eigenvalue weighted by Crippen LogP contribution is 2.36. The summed E-state index contributed by atoms with van der Waals surface area (Å²) in [7, 11) is 0. The smallest absolute Gasteiger partial charge is 0.417 e. The average Bonchev–Trinajstić information content (AvgIpc) is 2.75. The molecule has 1 aromatic heterocycles. The summed E-state index contributed by atoms with van der Waals surface area (Å²) >= 11 is 0. The number of hydrogen-bond acceptors (Lipinski definition) is 3. The minimum Gasteiger partial charge on any atom is -0.444 e. The summed E-state index contributed by atoms with van der Waals surface area (Å²) < 4.78 is 43.6. The molecule has 3 nitrogen and oxygen atoms in total. The fourth-order valence-corrected chi connectivity index (χ4v) is 1.74. The topological polar surface area (TPSA) is 46.3 Å². The van der Waals surface area contributed by atoms with Crippen LogP contribution in [0.4, 0.5) is 13.2 Å². The van der Waals surface area contributed by atoms with Crippen LogP contribution in [0.15, 0.2) is 34.9 Å². The van der Waals surface area contributed by atoms with Gasteiger partial charge in [0.25, 0.3) is 0 Å². The van der Waals surface area contributed by atoms with Crippen molar-refractivity contribution in [3.05, 3.63) is 41.8 Å². The molecule has 1 aromatic carbocycles. The van der Waals surface area contributed by atoms with Gasteiger partial charge in [0.1, 0.15) is 6.26 Å². The van der Waals surface area contributed by atoms with Crippen molar-refractivity contribution in [1.29, 1.82) is 0 Å². The van der Waals surface area contributed by atoms with Gasteiger partial charge in [-0.3, -0.25) is 0 Å². The Morgan fingerprint density at radius 3 is 2.63 bits per heavy atom. The molecule has 0 radical (unpaired) electrons. The molecule has 0 saturated heterocycles. The first kappa shape index (κ1) is 13.6. The summed E-state index contributed by atoms with van der Waals surface area (Å²) in [6, 6.07) is 5.09. The third-order valence-electron chi connectivity index (χ3n) is 2.52. The number of alkyl halides is 3. The highest BCUT2D eigenvalue weighted by molar-refractivity contribution is 5.59. The van der Waals surface area contributed by atoms with Crippen molar-refractivity contribution >= 4 is 0 Å². The molecule has 2 rings (SSSR count). The van der Waals surface area contributed by atoms with Gasteiger partial charge in [-0.2, -0.15) is 13.2 Å². The van der Waals surface area contributed by atoms with Crippen molar-refractivity contribution in [2.75, 3.05) is 0 Å². The van der Waals surface area contributed by atoms with E-state index < -0.39 is 17.8 Å². The van der Waals surface area contributed by atoms with Gasteiger partial charge in [0, 0.05) is 12.0 Å². The molecule has 0 aliphatic rings. The second kappa shape index (κ2) is 5.05. The van der Waals surface area contributed by atoms with Crippen molar-refractivity contribution in [2.45, 2.75) is 25.6 Å². The predicted molar refractivity (Wildman–Crippen MR) is 62.3 cm³/mol. The van der Waals surface area contributed by atoms with Crippen LogP contribution in [0.3, 0.4) is 0 Å². The third kappa shape index (κ3) is 3.14. The predicted octanol–water partition coefficient (Wildman–Crippen LogP) is 3.28. The number of aliphatic hydroxyl groups excluding tert-OH is 1. The summed E-state index contributed by atoms with van der Waals surface area (Å²) in [5, 5.41) is 9.21. The summed E-state index contributed by atoms with van der Waals surface area (Å²) in [5.41, 5.74) is -0.478. The van der Waals surface area contributed by atoms with E-state index in [4.69, 9.17) is 4.42 Å². The van der Waals surface area contributed by atoms with Gasteiger partial charge < -0.3 is 9.52 Å². The summed E-state index contributed by atoms with van der Waals surface area (Å²) in [4.78, 5) is 3.97. The lowest BCUT2D eigenvalue weighted by molar-refractivity contribution is -0.137. The number of hydrogen-bond donors (Lipinski definition) is 1. The van der Waals surface area contributed by atoms with E-state index in [9.17, 15) is 18.3 Å². The van der Waals surface area contributed by atoms with Gasteiger partial charge in [-0.25, -0.2) is 4.98 Å². The molecule has 102 valence electrons. The Hall–Kier alpha value is -1.82. The number of halogens is 3. The first-order valence-electron chi connectivity index (χ1n) is 5.67. The van der Waals surface area contributed by atoms with Crippen molar-refractivity contribution < 1.29 is 22.7 Å². The maximum absolute atomic E-state index is 12.8. The molecule has 0 aliphatic heterocycles. The van der Waals surface area contributed by atoms with Crippen LogP contribution in [-0.2, 0) is 12.6 Å². The lowest BCUT2D eigenvalue weighted by Crippen LogP contribution is -2.07. The number of oxazole rings is 1. The molecule has 0 bridgehead atoms. The molecule has 2 aromatic rings. The van der Waals surface area contributed by atoms with Crippen molar-refractivity contribution in [2.24, 2.45) is 0 Å². The minimum absolute atomic E-state index is 0.0939. The van der Waals surface area contributed by atoms with E-state index in [1.807, 2.05) is 0 Å². The van der Waals surface area contributed by atoms with Crippen LogP contribution in [0.5, 0.6) is 0 Å². The third-order valence-corrected chi connectivity index (χ3v) is 2.52. The van der Waals surface area contributed by atoms with E-state index >= 15 is 0 Å². The maximum atomic E-state index is 12.8. The van der Waals surface area contributed by atoms with Crippen molar-refractivity contribution in [1.82, 2.24) is 4.98 Å². The van der Waals surface area contributed by atoms with Gasteiger partial charge >= 0.3 is 6.18 Å². The number of benzene rings is 1. The fraction of sp³-hybridized carbons (Fsp3) is 0.308. The SMILES string of the molecule is CC(O)Cc1coc(-c2ccccc2C(F)(F)F)n1. The molecule has 19 heavy (non-hydrogen) atoms. The highest BCUT2D eigenvalue weighted by Gasteiger charge is 2.34. The molecule has 1 atom stereocenters. The van der Waals surface area contributed by atoms with E-state index in [1.54, 1.807) is 6.92 Å². The maximum Gasteiger partial charge on any atom is 0.417 e. The van der Waals surface area contributed by atoms with Crippen LogP contribution in [0.25, 0.3) is 11.5 Å². The fourth-order valence-electron chi connectivity index (χ4n) is 1.74. The second-order valence-corrected chi connectivity index (χ2v) is 4.24. The Morgan fingerprint density at radius 2 is 2.00 bits per heavy atom. The van der Waals surface area contributed by atoms with Crippen LogP contribution < -0.4 is 0 Å². The quantitative estimate of drug-likeness (QED) is 0.931. The molecule has 0 amide bonds. The number of rotatable bonds is 3. The van der Waals surface area contributed by atoms with E-state index in [0.717, 1.165) is 6.07 Å². The molecule has 0 spiro atoms. The monoisotopic (exact) mass is 271 g/mol. The Morgan fingerprint density at radius 1 is 1.32 bits per heavy atom. The van der Waals surface area contributed by atoms with Gasteiger partial charge in [-0.05, 0) is 19.1 Å². The van der Waals surface area contributed by atoms with Gasteiger partial charge in [0.05, 0.1) is 17.4 Å². The molecule has 1 unspecified atom stereocenters. The Balaban J connectivity index is 2.39. The van der Waals surface area contributed by atoms with Crippen LogP contribution >= 0.6 is 0 Å². The van der Waals surface area contributed by atoms with Crippen molar-refractivity contribution in [3.63, 3.8) is 0 Å². The Kier molecular flexibility index (Phi) is 3.61. The number of nitrogens with zero attached hydrogens (tertiary/aromatic N) is 1. The Labute approximate surface area is 107 Å². The zero-order chi connectivity index (χ0) is 14.0. The van der Waals surface area contributed by atoms with E-state index in [0.29, 0.717) is 5.69 Å². The largest absolute Gasteiger partial charge is 0.444 e. The normalized spacial score (nSPS) is 13.5. The standard InChI is InChI=1S/C13H12F3NO2/c1-8(18)6-9-7-19-12(17-9)10-4-2-3-5-11(10)13(14,15)16/h2-5,7-8,18H,6H2,1H3. The highest BCUT2D eigenvalue weighted by atomic mass is 19.4. The lowest BCUT2D eigenvalue weighted by Gasteiger charge is -2.09. The second-order valence-electron chi connectivity index (χ2n) is 4.24. The summed E-state index contributed by atoms with van der Waals surface area (Å²) in [6.07, 6.45) is -3.60. The molecule has 1 N–H and O–H groups in total. The Bertz CT molecular complexity index is 561. The zero-order valence-electron chi connectivity index (χ0n) is 10.1. The van der Waals surface area contributed by atoms with E-state index in [-0.39, 0.29) is 17.9 Å². The van der Waals surface area contributed by atoms with Crippen molar-refractivity contribution in [3.8, 4) is 11.5 Å². The number of aromatic nitrogens is 1. The van der Waals surface area contributed by atoms with Crippen LogP contribution in [0, 0.1) is 0 Å². The van der Waals surface area contributed by atoms with Crippen LogP contribution in [-0.4, -0.2) is 16.2 Å². The molecule has 0 fully saturated rings. The van der Waals surface area contributed by atoms with Crippen LogP contribution in [0.2, 0.25) is 0 Å². The zero-order valence-corrected chi connectivity index (χ0v) is 10.1. The average molecular weight is 271 g/mol. The molecule has 1 heterocycles. The van der Waals surface area contributed by atoms with Gasteiger partial charge in [-0.1, -0.05) is 12.1 Å². The van der Waals surface area contributed by atoms with E-state index in [1.165, 1.54) is 24.5 Å². The molecule has 0 saturated carbocycles. The lowest BCUT2D eigenvalue weighted by atomic mass is 10.1. The molecule has 0 aliphatic carbocycles. The van der Waals surface area contributed by atoms with Gasteiger partial charge in [0.15, 0.2) is 0 Å². The summed E-state index contributed by atoms with van der Waals surface area (Å²) in [6.45, 7) is 1.57. The van der Waals surface area contributed by atoms with E-state index in [2.05, 4.69) is 4.98 Å². The van der Waals surface area contributed by atoms with Gasteiger partial charge in [0.2, 0.25) is 5.89 Å². The first-order chi connectivity index (χ1) is 8.88. The first-order valence-corrected chi connectivity index (χ1v) is 5.67. The minimum atomic E-state index is -4.46.